The summed E-state index contributed by atoms with van der Waals surface area (Å²) in [5.74, 6) is -0.298. The van der Waals surface area contributed by atoms with Crippen LogP contribution in [0, 0.1) is 5.92 Å². The quantitative estimate of drug-likeness (QED) is 0.374. The zero-order valence-electron chi connectivity index (χ0n) is 15.9. The third-order valence-electron chi connectivity index (χ3n) is 3.99. The van der Waals surface area contributed by atoms with Crippen LogP contribution in [-0.4, -0.2) is 25.2 Å². The monoisotopic (exact) mass is 348 g/mol. The van der Waals surface area contributed by atoms with Crippen LogP contribution in [0.3, 0.4) is 0 Å². The average molecular weight is 348 g/mol. The van der Waals surface area contributed by atoms with Crippen molar-refractivity contribution in [2.75, 3.05) is 13.2 Å². The van der Waals surface area contributed by atoms with Gasteiger partial charge in [0.15, 0.2) is 0 Å². The average Bonchev–Trinajstić information content (AvgIpc) is 2.60. The number of rotatable bonds is 12. The molecule has 0 saturated carbocycles. The van der Waals surface area contributed by atoms with Crippen molar-refractivity contribution in [3.63, 3.8) is 0 Å². The molecule has 0 amide bonds. The van der Waals surface area contributed by atoms with Gasteiger partial charge in [-0.2, -0.15) is 0 Å². The van der Waals surface area contributed by atoms with E-state index >= 15 is 0 Å². The first kappa shape index (κ1) is 21.2. The van der Waals surface area contributed by atoms with Crippen molar-refractivity contribution in [3.8, 4) is 0 Å². The highest BCUT2D eigenvalue weighted by atomic mass is 16.5. The first-order valence-corrected chi connectivity index (χ1v) is 9.49. The summed E-state index contributed by atoms with van der Waals surface area (Å²) >= 11 is 0. The molecule has 0 aromatic heterocycles. The topological polar surface area (TPSA) is 52.6 Å². The van der Waals surface area contributed by atoms with Crippen molar-refractivity contribution < 1.29 is 19.1 Å². The van der Waals surface area contributed by atoms with Gasteiger partial charge in [0.1, 0.15) is 0 Å². The second-order valence-electron chi connectivity index (χ2n) is 6.80. The van der Waals surface area contributed by atoms with Gasteiger partial charge >= 0.3 is 11.9 Å². The summed E-state index contributed by atoms with van der Waals surface area (Å²) in [5, 5.41) is 0. The summed E-state index contributed by atoms with van der Waals surface area (Å²) in [5.41, 5.74) is 0.780. The van der Waals surface area contributed by atoms with Gasteiger partial charge in [0.05, 0.1) is 24.3 Å². The highest BCUT2D eigenvalue weighted by molar-refractivity contribution is 5.95. The van der Waals surface area contributed by atoms with E-state index < -0.39 is 5.97 Å². The van der Waals surface area contributed by atoms with Crippen LogP contribution in [0.2, 0.25) is 0 Å². The number of esters is 2. The van der Waals surface area contributed by atoms with E-state index in [1.165, 1.54) is 25.7 Å². The number of hydrogen-bond donors (Lipinski definition) is 0. The third kappa shape index (κ3) is 9.28. The van der Waals surface area contributed by atoms with E-state index in [0.717, 1.165) is 19.3 Å². The minimum Gasteiger partial charge on any atom is -0.462 e. The van der Waals surface area contributed by atoms with Crippen molar-refractivity contribution in [1.29, 1.82) is 0 Å². The maximum atomic E-state index is 12.1. The fraction of sp³-hybridized carbons (Fsp3) is 0.619. The molecule has 0 bridgehead atoms. The SMILES string of the molecule is CCCCCCCCOC(=O)c1cccc(C(=O)OCCC(C)C)c1. The summed E-state index contributed by atoms with van der Waals surface area (Å²) in [6.07, 6.45) is 7.70. The smallest absolute Gasteiger partial charge is 0.338 e. The lowest BCUT2D eigenvalue weighted by molar-refractivity contribution is 0.0488. The predicted molar refractivity (Wildman–Crippen MR) is 99.8 cm³/mol. The molecule has 4 nitrogen and oxygen atoms in total. The van der Waals surface area contributed by atoms with E-state index in [-0.39, 0.29) is 5.97 Å². The molecular formula is C21H32O4. The minimum atomic E-state index is -0.397. The van der Waals surface area contributed by atoms with Crippen LogP contribution >= 0.6 is 0 Å². The highest BCUT2D eigenvalue weighted by Gasteiger charge is 2.12. The van der Waals surface area contributed by atoms with Crippen molar-refractivity contribution in [3.05, 3.63) is 35.4 Å². The van der Waals surface area contributed by atoms with Crippen molar-refractivity contribution in [2.45, 2.75) is 65.7 Å². The van der Waals surface area contributed by atoms with Crippen LogP contribution in [-0.2, 0) is 9.47 Å². The van der Waals surface area contributed by atoms with Crippen LogP contribution in [0.5, 0.6) is 0 Å². The maximum absolute atomic E-state index is 12.1. The van der Waals surface area contributed by atoms with Gasteiger partial charge in [-0.05, 0) is 37.0 Å². The normalized spacial score (nSPS) is 10.7. The molecule has 0 unspecified atom stereocenters. The second kappa shape index (κ2) is 12.5. The first-order chi connectivity index (χ1) is 12.0. The minimum absolute atomic E-state index is 0.384. The Balaban J connectivity index is 2.37. The number of unbranched alkanes of at least 4 members (excludes halogenated alkanes) is 5. The molecule has 0 spiro atoms. The Hall–Kier alpha value is -1.84. The Morgan fingerprint density at radius 1 is 0.880 bits per heavy atom. The Morgan fingerprint density at radius 3 is 2.04 bits per heavy atom. The molecule has 0 aliphatic carbocycles. The zero-order chi connectivity index (χ0) is 18.5. The van der Waals surface area contributed by atoms with E-state index in [2.05, 4.69) is 20.8 Å². The summed E-state index contributed by atoms with van der Waals surface area (Å²) in [4.78, 5) is 24.1. The summed E-state index contributed by atoms with van der Waals surface area (Å²) < 4.78 is 10.5. The van der Waals surface area contributed by atoms with E-state index in [9.17, 15) is 9.59 Å². The number of benzene rings is 1. The molecule has 0 aliphatic heterocycles. The maximum Gasteiger partial charge on any atom is 0.338 e. The Bertz CT molecular complexity index is 522. The molecule has 0 radical (unpaired) electrons. The second-order valence-corrected chi connectivity index (χ2v) is 6.80. The molecule has 4 heteroatoms. The zero-order valence-corrected chi connectivity index (χ0v) is 15.9. The standard InChI is InChI=1S/C21H32O4/c1-4-5-6-7-8-9-14-24-20(22)18-11-10-12-19(16-18)21(23)25-15-13-17(2)3/h10-12,16-17H,4-9,13-15H2,1-3H3. The molecule has 0 N–H and O–H groups in total. The fourth-order valence-electron chi connectivity index (χ4n) is 2.37. The van der Waals surface area contributed by atoms with Gasteiger partial charge in [0, 0.05) is 0 Å². The molecule has 0 aliphatic rings. The largest absolute Gasteiger partial charge is 0.462 e. The van der Waals surface area contributed by atoms with E-state index in [1.54, 1.807) is 24.3 Å². The summed E-state index contributed by atoms with van der Waals surface area (Å²) in [7, 11) is 0. The van der Waals surface area contributed by atoms with Crippen molar-refractivity contribution in [1.82, 2.24) is 0 Å². The molecule has 0 heterocycles. The van der Waals surface area contributed by atoms with E-state index in [0.29, 0.717) is 30.3 Å². The Kier molecular flexibility index (Phi) is 10.6. The Morgan fingerprint density at radius 2 is 1.44 bits per heavy atom. The van der Waals surface area contributed by atoms with Gasteiger partial charge in [-0.3, -0.25) is 0 Å². The molecule has 1 aromatic rings. The van der Waals surface area contributed by atoms with Gasteiger partial charge in [0.25, 0.3) is 0 Å². The highest BCUT2D eigenvalue weighted by Crippen LogP contribution is 2.11. The van der Waals surface area contributed by atoms with E-state index in [4.69, 9.17) is 9.47 Å². The molecule has 1 aromatic carbocycles. The molecule has 25 heavy (non-hydrogen) atoms. The number of hydrogen-bond acceptors (Lipinski definition) is 4. The number of carbonyl (C=O) groups is 2. The van der Waals surface area contributed by atoms with Gasteiger partial charge in [-0.1, -0.05) is 58.9 Å². The lowest BCUT2D eigenvalue weighted by Gasteiger charge is -2.08. The lowest BCUT2D eigenvalue weighted by Crippen LogP contribution is -2.11. The lowest BCUT2D eigenvalue weighted by atomic mass is 10.1. The number of carbonyl (C=O) groups excluding carboxylic acids is 2. The first-order valence-electron chi connectivity index (χ1n) is 9.49. The van der Waals surface area contributed by atoms with Crippen LogP contribution in [0.15, 0.2) is 24.3 Å². The van der Waals surface area contributed by atoms with Crippen LogP contribution in [0.1, 0.15) is 86.4 Å². The number of ether oxygens (including phenoxy) is 2. The van der Waals surface area contributed by atoms with Gasteiger partial charge in [-0.25, -0.2) is 9.59 Å². The van der Waals surface area contributed by atoms with Crippen molar-refractivity contribution >= 4 is 11.9 Å². The van der Waals surface area contributed by atoms with Crippen LogP contribution in [0.25, 0.3) is 0 Å². The molecule has 0 fully saturated rings. The summed E-state index contributed by atoms with van der Waals surface area (Å²) in [6, 6.07) is 6.54. The molecule has 0 saturated heterocycles. The summed E-state index contributed by atoms with van der Waals surface area (Å²) in [6.45, 7) is 7.16. The van der Waals surface area contributed by atoms with Gasteiger partial charge in [-0.15, -0.1) is 0 Å². The van der Waals surface area contributed by atoms with Gasteiger partial charge in [0.2, 0.25) is 0 Å². The molecule has 140 valence electrons. The fourth-order valence-corrected chi connectivity index (χ4v) is 2.37. The molecule has 0 atom stereocenters. The van der Waals surface area contributed by atoms with Crippen LogP contribution < -0.4 is 0 Å². The predicted octanol–water partition coefficient (Wildman–Crippen LogP) is 5.41. The van der Waals surface area contributed by atoms with E-state index in [1.807, 2.05) is 0 Å². The third-order valence-corrected chi connectivity index (χ3v) is 3.99. The van der Waals surface area contributed by atoms with Crippen molar-refractivity contribution in [2.24, 2.45) is 5.92 Å². The van der Waals surface area contributed by atoms with Crippen LogP contribution in [0.4, 0.5) is 0 Å². The molecule has 1 rings (SSSR count). The molecular weight excluding hydrogens is 316 g/mol. The van der Waals surface area contributed by atoms with Gasteiger partial charge < -0.3 is 9.47 Å². The Labute approximate surface area is 151 Å².